The summed E-state index contributed by atoms with van der Waals surface area (Å²) in [4.78, 5) is 21.2. The van der Waals surface area contributed by atoms with Crippen molar-refractivity contribution in [1.29, 1.82) is 0 Å². The summed E-state index contributed by atoms with van der Waals surface area (Å²) in [5, 5.41) is 21.9. The van der Waals surface area contributed by atoms with Crippen molar-refractivity contribution in [2.24, 2.45) is 0 Å². The molecule has 0 aromatic carbocycles. The van der Waals surface area contributed by atoms with E-state index in [9.17, 15) is 9.59 Å². The molecule has 1 unspecified atom stereocenters. The first-order valence-electron chi connectivity index (χ1n) is 4.61. The predicted octanol–water partition coefficient (Wildman–Crippen LogP) is -0.303. The Kier molecular flexibility index (Phi) is 7.00. The van der Waals surface area contributed by atoms with E-state index in [1.54, 1.807) is 0 Å². The first-order chi connectivity index (χ1) is 7.07. The van der Waals surface area contributed by atoms with Gasteiger partial charge in [0, 0.05) is 6.54 Å². The van der Waals surface area contributed by atoms with Gasteiger partial charge in [0.2, 0.25) is 0 Å². The van der Waals surface area contributed by atoms with Crippen molar-refractivity contribution in [1.82, 2.24) is 10.6 Å². The maximum absolute atomic E-state index is 11.0. The van der Waals surface area contributed by atoms with Gasteiger partial charge in [0.15, 0.2) is 6.10 Å². The normalized spacial score (nSPS) is 12.4. The van der Waals surface area contributed by atoms with E-state index in [1.807, 2.05) is 19.1 Å². The molecule has 0 aromatic rings. The number of urea groups is 1. The minimum atomic E-state index is -1.56. The van der Waals surface area contributed by atoms with Gasteiger partial charge < -0.3 is 20.8 Å². The molecule has 6 heteroatoms. The quantitative estimate of drug-likeness (QED) is 0.362. The second-order valence-corrected chi connectivity index (χ2v) is 2.85. The van der Waals surface area contributed by atoms with E-state index < -0.39 is 18.1 Å². The Morgan fingerprint density at radius 1 is 1.40 bits per heavy atom. The van der Waals surface area contributed by atoms with Crippen molar-refractivity contribution in [3.8, 4) is 0 Å². The van der Waals surface area contributed by atoms with Crippen LogP contribution in [0.2, 0.25) is 0 Å². The van der Waals surface area contributed by atoms with Crippen LogP contribution in [0.3, 0.4) is 0 Å². The van der Waals surface area contributed by atoms with Gasteiger partial charge >= 0.3 is 12.0 Å². The zero-order valence-corrected chi connectivity index (χ0v) is 8.56. The van der Waals surface area contributed by atoms with E-state index >= 15 is 0 Å². The molecule has 0 spiro atoms. The average Bonchev–Trinajstić information content (AvgIpc) is 2.20. The van der Waals surface area contributed by atoms with Gasteiger partial charge in [-0.05, 0) is 13.3 Å². The van der Waals surface area contributed by atoms with Crippen molar-refractivity contribution in [3.63, 3.8) is 0 Å². The molecule has 86 valence electrons. The minimum Gasteiger partial charge on any atom is -0.479 e. The second kappa shape index (κ2) is 7.81. The lowest BCUT2D eigenvalue weighted by molar-refractivity contribution is -0.146. The minimum absolute atomic E-state index is 0.301. The number of carboxylic acid groups (broad SMARTS) is 1. The number of aliphatic hydroxyl groups excluding tert-OH is 1. The summed E-state index contributed by atoms with van der Waals surface area (Å²) in [7, 11) is 0. The van der Waals surface area contributed by atoms with Gasteiger partial charge in [-0.25, -0.2) is 9.59 Å². The maximum Gasteiger partial charge on any atom is 0.334 e. The number of nitrogens with one attached hydrogen (secondary N) is 2. The Morgan fingerprint density at radius 3 is 2.60 bits per heavy atom. The van der Waals surface area contributed by atoms with E-state index in [1.165, 1.54) is 0 Å². The monoisotopic (exact) mass is 216 g/mol. The molecule has 0 radical (unpaired) electrons. The molecule has 0 rings (SSSR count). The molecule has 2 amide bonds. The predicted molar refractivity (Wildman–Crippen MR) is 54.5 cm³/mol. The Morgan fingerprint density at radius 2 is 2.07 bits per heavy atom. The van der Waals surface area contributed by atoms with Gasteiger partial charge in [-0.3, -0.25) is 0 Å². The van der Waals surface area contributed by atoms with Crippen LogP contribution in [-0.4, -0.2) is 41.4 Å². The van der Waals surface area contributed by atoms with Crippen molar-refractivity contribution in [3.05, 3.63) is 12.2 Å². The first kappa shape index (κ1) is 13.4. The lowest BCUT2D eigenvalue weighted by Crippen LogP contribution is -2.42. The molecule has 15 heavy (non-hydrogen) atoms. The van der Waals surface area contributed by atoms with Crippen molar-refractivity contribution < 1.29 is 19.8 Å². The summed E-state index contributed by atoms with van der Waals surface area (Å²) >= 11 is 0. The molecule has 0 fully saturated rings. The lowest BCUT2D eigenvalue weighted by atomic mass is 10.3. The Hall–Kier alpha value is -1.56. The molecule has 0 bridgehead atoms. The highest BCUT2D eigenvalue weighted by Gasteiger charge is 2.13. The van der Waals surface area contributed by atoms with Crippen LogP contribution in [0.5, 0.6) is 0 Å². The summed E-state index contributed by atoms with van der Waals surface area (Å²) < 4.78 is 0. The zero-order chi connectivity index (χ0) is 11.7. The number of carbonyl (C=O) groups excluding carboxylic acids is 1. The molecule has 6 nitrogen and oxygen atoms in total. The molecule has 0 aliphatic heterocycles. The van der Waals surface area contributed by atoms with Crippen molar-refractivity contribution in [2.75, 3.05) is 13.1 Å². The maximum atomic E-state index is 11.0. The van der Waals surface area contributed by atoms with Crippen LogP contribution in [0.1, 0.15) is 13.3 Å². The number of aliphatic hydroxyl groups is 1. The van der Waals surface area contributed by atoms with Crippen LogP contribution in [0.4, 0.5) is 4.79 Å². The van der Waals surface area contributed by atoms with Gasteiger partial charge in [-0.2, -0.15) is 0 Å². The third-order valence-electron chi connectivity index (χ3n) is 1.57. The SMILES string of the molecule is C/C=C/CCNC(=O)NCC(O)C(=O)O. The van der Waals surface area contributed by atoms with Crippen molar-refractivity contribution in [2.45, 2.75) is 19.4 Å². The van der Waals surface area contributed by atoms with Crippen LogP contribution in [0.15, 0.2) is 12.2 Å². The van der Waals surface area contributed by atoms with Crippen LogP contribution < -0.4 is 10.6 Å². The van der Waals surface area contributed by atoms with Gasteiger partial charge in [0.1, 0.15) is 0 Å². The molecule has 0 aromatic heterocycles. The molecule has 0 aliphatic rings. The smallest absolute Gasteiger partial charge is 0.334 e. The molecule has 0 aliphatic carbocycles. The Labute approximate surface area is 88.0 Å². The highest BCUT2D eigenvalue weighted by atomic mass is 16.4. The van der Waals surface area contributed by atoms with Crippen LogP contribution in [-0.2, 0) is 4.79 Å². The number of amides is 2. The molecule has 4 N–H and O–H groups in total. The van der Waals surface area contributed by atoms with E-state index in [0.29, 0.717) is 13.0 Å². The van der Waals surface area contributed by atoms with E-state index in [-0.39, 0.29) is 6.54 Å². The van der Waals surface area contributed by atoms with E-state index in [2.05, 4.69) is 10.6 Å². The summed E-state index contributed by atoms with van der Waals surface area (Å²) in [6, 6.07) is -0.486. The third kappa shape index (κ3) is 7.51. The first-order valence-corrected chi connectivity index (χ1v) is 4.61. The highest BCUT2D eigenvalue weighted by Crippen LogP contribution is 1.81. The average molecular weight is 216 g/mol. The van der Waals surface area contributed by atoms with Gasteiger partial charge in [-0.15, -0.1) is 0 Å². The highest BCUT2D eigenvalue weighted by molar-refractivity contribution is 5.76. The summed E-state index contributed by atoms with van der Waals surface area (Å²) in [5.41, 5.74) is 0. The van der Waals surface area contributed by atoms with E-state index in [0.717, 1.165) is 0 Å². The molecule has 1 atom stereocenters. The number of aliphatic carboxylic acids is 1. The molecular formula is C9H16N2O4. The number of allylic oxidation sites excluding steroid dienone is 1. The van der Waals surface area contributed by atoms with Gasteiger partial charge in [-0.1, -0.05) is 12.2 Å². The molecule has 0 heterocycles. The summed E-state index contributed by atoms with van der Waals surface area (Å²) in [5.74, 6) is -1.36. The molecular weight excluding hydrogens is 200 g/mol. The number of carboxylic acids is 1. The van der Waals surface area contributed by atoms with Crippen LogP contribution in [0.25, 0.3) is 0 Å². The Bertz CT molecular complexity index is 240. The summed E-state index contributed by atoms with van der Waals surface area (Å²) in [6.45, 7) is 2.05. The molecule has 0 saturated carbocycles. The number of hydrogen-bond acceptors (Lipinski definition) is 3. The topological polar surface area (TPSA) is 98.7 Å². The third-order valence-corrected chi connectivity index (χ3v) is 1.57. The fourth-order valence-electron chi connectivity index (χ4n) is 0.775. The second-order valence-electron chi connectivity index (χ2n) is 2.85. The van der Waals surface area contributed by atoms with Gasteiger partial charge in [0.05, 0.1) is 6.54 Å². The molecule has 0 saturated heterocycles. The van der Waals surface area contributed by atoms with Crippen LogP contribution in [0, 0.1) is 0 Å². The zero-order valence-electron chi connectivity index (χ0n) is 8.56. The lowest BCUT2D eigenvalue weighted by Gasteiger charge is -2.08. The number of carbonyl (C=O) groups is 2. The Balaban J connectivity index is 3.53. The number of rotatable bonds is 6. The van der Waals surface area contributed by atoms with E-state index in [4.69, 9.17) is 10.2 Å². The van der Waals surface area contributed by atoms with Gasteiger partial charge in [0.25, 0.3) is 0 Å². The van der Waals surface area contributed by atoms with Crippen molar-refractivity contribution >= 4 is 12.0 Å². The summed E-state index contributed by atoms with van der Waals surface area (Å²) in [6.07, 6.45) is 2.91. The number of hydrogen-bond donors (Lipinski definition) is 4. The standard InChI is InChI=1S/C9H16N2O4/c1-2-3-4-5-10-9(15)11-6-7(12)8(13)14/h2-3,7,12H,4-6H2,1H3,(H,13,14)(H2,10,11,15)/b3-2+. The largest absolute Gasteiger partial charge is 0.479 e. The fraction of sp³-hybridized carbons (Fsp3) is 0.556. The van der Waals surface area contributed by atoms with Crippen LogP contribution >= 0.6 is 0 Å². The fourth-order valence-corrected chi connectivity index (χ4v) is 0.775.